The van der Waals surface area contributed by atoms with Crippen LogP contribution in [0.3, 0.4) is 0 Å². The molecule has 0 saturated heterocycles. The van der Waals surface area contributed by atoms with Gasteiger partial charge in [-0.05, 0) is 24.3 Å². The van der Waals surface area contributed by atoms with Crippen molar-refractivity contribution in [3.8, 4) is 0 Å². The molecule has 2 aromatic carbocycles. The number of hydrogen-bond acceptors (Lipinski definition) is 4. The minimum Gasteiger partial charge on any atom is -0.481 e. The van der Waals surface area contributed by atoms with Crippen molar-refractivity contribution in [2.45, 2.75) is 12.8 Å². The van der Waals surface area contributed by atoms with E-state index in [0.717, 1.165) is 27.5 Å². The molecule has 6 nitrogen and oxygen atoms in total. The maximum atomic E-state index is 9.64. The van der Waals surface area contributed by atoms with E-state index in [2.05, 4.69) is 11.1 Å². The molecular formula is C17H16N2O4. The van der Waals surface area contributed by atoms with Crippen LogP contribution in [0.25, 0.3) is 21.8 Å². The van der Waals surface area contributed by atoms with Crippen molar-refractivity contribution in [1.29, 1.82) is 0 Å². The van der Waals surface area contributed by atoms with Crippen LogP contribution in [0.4, 0.5) is 5.69 Å². The second-order valence-electron chi connectivity index (χ2n) is 4.88. The van der Waals surface area contributed by atoms with Crippen molar-refractivity contribution >= 4 is 39.4 Å². The summed E-state index contributed by atoms with van der Waals surface area (Å²) >= 11 is 0. The third kappa shape index (κ3) is 4.41. The SMILES string of the molecule is Nc1cccc2nc3ccccc3cc12.O=C(O)CCC(=O)O. The van der Waals surface area contributed by atoms with Gasteiger partial charge in [-0.1, -0.05) is 24.3 Å². The van der Waals surface area contributed by atoms with Crippen LogP contribution in [-0.4, -0.2) is 27.1 Å². The fraction of sp³-hybridized carbons (Fsp3) is 0.118. The summed E-state index contributed by atoms with van der Waals surface area (Å²) in [5, 5.41) is 18.0. The fourth-order valence-electron chi connectivity index (χ4n) is 2.04. The van der Waals surface area contributed by atoms with Crippen LogP contribution < -0.4 is 5.73 Å². The number of carbonyl (C=O) groups is 2. The smallest absolute Gasteiger partial charge is 0.303 e. The van der Waals surface area contributed by atoms with Gasteiger partial charge in [0.25, 0.3) is 0 Å². The van der Waals surface area contributed by atoms with E-state index in [1.165, 1.54) is 0 Å². The van der Waals surface area contributed by atoms with E-state index in [4.69, 9.17) is 15.9 Å². The normalized spacial score (nSPS) is 10.1. The minimum atomic E-state index is -1.08. The van der Waals surface area contributed by atoms with Gasteiger partial charge in [-0.3, -0.25) is 9.59 Å². The lowest BCUT2D eigenvalue weighted by molar-refractivity contribution is -0.143. The summed E-state index contributed by atoms with van der Waals surface area (Å²) in [6.45, 7) is 0. The molecule has 0 amide bonds. The van der Waals surface area contributed by atoms with Gasteiger partial charge in [0.2, 0.25) is 0 Å². The van der Waals surface area contributed by atoms with Crippen LogP contribution in [0.2, 0.25) is 0 Å². The van der Waals surface area contributed by atoms with Crippen LogP contribution >= 0.6 is 0 Å². The number of carboxylic acid groups (broad SMARTS) is 2. The predicted octanol–water partition coefficient (Wildman–Crippen LogP) is 2.91. The van der Waals surface area contributed by atoms with Gasteiger partial charge < -0.3 is 15.9 Å². The first-order valence-electron chi connectivity index (χ1n) is 6.95. The molecule has 3 aromatic rings. The number of nitrogen functional groups attached to an aromatic ring is 1. The van der Waals surface area contributed by atoms with Gasteiger partial charge in [0.1, 0.15) is 0 Å². The maximum absolute atomic E-state index is 9.64. The summed E-state index contributed by atoms with van der Waals surface area (Å²) < 4.78 is 0. The summed E-state index contributed by atoms with van der Waals surface area (Å²) in [6.07, 6.45) is -0.593. The molecule has 1 heterocycles. The fourth-order valence-corrected chi connectivity index (χ4v) is 2.04. The van der Waals surface area contributed by atoms with Crippen LogP contribution in [0.15, 0.2) is 48.5 Å². The Labute approximate surface area is 132 Å². The predicted molar refractivity (Wildman–Crippen MR) is 88.2 cm³/mol. The van der Waals surface area contributed by atoms with Crippen LogP contribution in [-0.2, 0) is 9.59 Å². The van der Waals surface area contributed by atoms with E-state index >= 15 is 0 Å². The maximum Gasteiger partial charge on any atom is 0.303 e. The number of para-hydroxylation sites is 1. The van der Waals surface area contributed by atoms with Crippen molar-refractivity contribution in [2.24, 2.45) is 0 Å². The summed E-state index contributed by atoms with van der Waals surface area (Å²) in [5.41, 5.74) is 8.65. The van der Waals surface area contributed by atoms with Gasteiger partial charge in [0.15, 0.2) is 0 Å². The largest absolute Gasteiger partial charge is 0.481 e. The number of rotatable bonds is 3. The number of fused-ring (bicyclic) bond motifs is 2. The first-order valence-corrected chi connectivity index (χ1v) is 6.95. The molecule has 0 unspecified atom stereocenters. The highest BCUT2D eigenvalue weighted by molar-refractivity contribution is 5.98. The van der Waals surface area contributed by atoms with Gasteiger partial charge in [-0.25, -0.2) is 4.98 Å². The number of carboxylic acids is 2. The molecule has 0 bridgehead atoms. The zero-order chi connectivity index (χ0) is 16.8. The van der Waals surface area contributed by atoms with E-state index in [9.17, 15) is 9.59 Å². The Morgan fingerprint density at radius 2 is 1.52 bits per heavy atom. The third-order valence-corrected chi connectivity index (χ3v) is 3.15. The first kappa shape index (κ1) is 16.2. The highest BCUT2D eigenvalue weighted by Crippen LogP contribution is 2.23. The molecular weight excluding hydrogens is 296 g/mol. The van der Waals surface area contributed by atoms with Crippen LogP contribution in [0.5, 0.6) is 0 Å². The zero-order valence-corrected chi connectivity index (χ0v) is 12.3. The van der Waals surface area contributed by atoms with E-state index in [-0.39, 0.29) is 12.8 Å². The van der Waals surface area contributed by atoms with Gasteiger partial charge in [0, 0.05) is 16.5 Å². The Bertz CT molecular complexity index is 847. The van der Waals surface area contributed by atoms with Crippen molar-refractivity contribution < 1.29 is 19.8 Å². The number of anilines is 1. The van der Waals surface area contributed by atoms with Crippen molar-refractivity contribution in [3.05, 3.63) is 48.5 Å². The lowest BCUT2D eigenvalue weighted by Gasteiger charge is -2.03. The third-order valence-electron chi connectivity index (χ3n) is 3.15. The molecule has 3 rings (SSSR count). The van der Waals surface area contributed by atoms with Gasteiger partial charge >= 0.3 is 11.9 Å². The minimum absolute atomic E-state index is 0.296. The van der Waals surface area contributed by atoms with Crippen molar-refractivity contribution in [3.63, 3.8) is 0 Å². The highest BCUT2D eigenvalue weighted by atomic mass is 16.4. The molecule has 4 N–H and O–H groups in total. The van der Waals surface area contributed by atoms with Crippen LogP contribution in [0, 0.1) is 0 Å². The molecule has 0 saturated carbocycles. The number of pyridine rings is 1. The molecule has 0 fully saturated rings. The Balaban J connectivity index is 0.000000207. The zero-order valence-electron chi connectivity index (χ0n) is 12.3. The lowest BCUT2D eigenvalue weighted by Crippen LogP contribution is -2.00. The molecule has 0 aliphatic rings. The topological polar surface area (TPSA) is 114 Å². The Morgan fingerprint density at radius 3 is 2.17 bits per heavy atom. The average Bonchev–Trinajstić information content (AvgIpc) is 2.52. The summed E-state index contributed by atoms with van der Waals surface area (Å²) in [7, 11) is 0. The molecule has 6 heteroatoms. The number of nitrogens with zero attached hydrogens (tertiary/aromatic N) is 1. The monoisotopic (exact) mass is 312 g/mol. The quantitative estimate of drug-likeness (QED) is 0.506. The highest BCUT2D eigenvalue weighted by Gasteiger charge is 2.01. The van der Waals surface area contributed by atoms with Gasteiger partial charge in [0.05, 0.1) is 23.9 Å². The van der Waals surface area contributed by atoms with E-state index < -0.39 is 11.9 Å². The Morgan fingerprint density at radius 1 is 0.913 bits per heavy atom. The molecule has 0 atom stereocenters. The molecule has 0 aliphatic heterocycles. The van der Waals surface area contributed by atoms with Crippen molar-refractivity contribution in [2.75, 3.05) is 5.73 Å². The molecule has 23 heavy (non-hydrogen) atoms. The Kier molecular flexibility index (Phi) is 5.09. The lowest BCUT2D eigenvalue weighted by atomic mass is 10.1. The van der Waals surface area contributed by atoms with Crippen molar-refractivity contribution in [1.82, 2.24) is 4.98 Å². The number of benzene rings is 2. The average molecular weight is 312 g/mol. The number of aliphatic carboxylic acids is 2. The number of aromatic nitrogens is 1. The summed E-state index contributed by atoms with van der Waals surface area (Å²) in [5.74, 6) is -2.15. The molecule has 1 aromatic heterocycles. The Hall–Kier alpha value is -3.15. The molecule has 0 spiro atoms. The van der Waals surface area contributed by atoms with Gasteiger partial charge in [-0.2, -0.15) is 0 Å². The van der Waals surface area contributed by atoms with E-state index in [0.29, 0.717) is 0 Å². The van der Waals surface area contributed by atoms with Crippen LogP contribution in [0.1, 0.15) is 12.8 Å². The molecule has 0 aliphatic carbocycles. The second kappa shape index (κ2) is 7.22. The second-order valence-corrected chi connectivity index (χ2v) is 4.88. The standard InChI is InChI=1S/C13H10N2.C4H6O4/c14-11-5-3-7-13-10(11)8-9-4-1-2-6-12(9)15-13;5-3(6)1-2-4(7)8/h1-8H,14H2;1-2H2,(H,5,6)(H,7,8). The van der Waals surface area contributed by atoms with E-state index in [1.807, 2.05) is 42.5 Å². The van der Waals surface area contributed by atoms with Gasteiger partial charge in [-0.15, -0.1) is 0 Å². The summed E-state index contributed by atoms with van der Waals surface area (Å²) in [6, 6.07) is 16.0. The number of nitrogens with two attached hydrogens (primary N) is 1. The molecule has 118 valence electrons. The van der Waals surface area contributed by atoms with E-state index in [1.54, 1.807) is 0 Å². The first-order chi connectivity index (χ1) is 11.0. The molecule has 0 radical (unpaired) electrons. The number of hydrogen-bond donors (Lipinski definition) is 3. The summed E-state index contributed by atoms with van der Waals surface area (Å²) in [4.78, 5) is 23.8.